The minimum Gasteiger partial charge on any atom is -0.293 e. The molecule has 10 heteroatoms. The molecule has 0 spiro atoms. The zero-order chi connectivity index (χ0) is 19.9. The second-order valence-electron chi connectivity index (χ2n) is 5.98. The number of nitrogens with zero attached hydrogens (tertiary/aromatic N) is 3. The Labute approximate surface area is 161 Å². The monoisotopic (exact) mass is 413 g/mol. The molecular weight excluding hydrogens is 399 g/mol. The molecule has 1 aliphatic rings. The number of carbonyl (C=O) groups excluding carboxylic acids is 1. The van der Waals surface area contributed by atoms with Gasteiger partial charge in [-0.2, -0.15) is 13.2 Å². The first-order valence-corrected chi connectivity index (χ1v) is 9.18. The van der Waals surface area contributed by atoms with E-state index in [0.29, 0.717) is 21.9 Å². The molecule has 0 amide bonds. The Balaban J connectivity index is 1.72. The molecule has 0 bridgehead atoms. The Morgan fingerprint density at radius 1 is 1.22 bits per heavy atom. The van der Waals surface area contributed by atoms with E-state index in [1.54, 1.807) is 14.1 Å². The summed E-state index contributed by atoms with van der Waals surface area (Å²) in [7, 11) is 3.19. The molecule has 2 aromatic rings. The van der Waals surface area contributed by atoms with Crippen LogP contribution < -0.4 is 5.69 Å². The lowest BCUT2D eigenvalue weighted by Crippen LogP contribution is -2.28. The Kier molecular flexibility index (Phi) is 5.13. The highest BCUT2D eigenvalue weighted by Gasteiger charge is 2.30. The summed E-state index contributed by atoms with van der Waals surface area (Å²) < 4.78 is 40.9. The van der Waals surface area contributed by atoms with Gasteiger partial charge in [0, 0.05) is 31.6 Å². The molecule has 5 nitrogen and oxygen atoms in total. The molecule has 0 unspecified atom stereocenters. The van der Waals surface area contributed by atoms with E-state index in [9.17, 15) is 22.8 Å². The molecule has 0 aliphatic carbocycles. The molecule has 0 fully saturated rings. The molecule has 0 saturated heterocycles. The van der Waals surface area contributed by atoms with E-state index in [1.165, 1.54) is 33.0 Å². The number of fused-ring (bicyclic) bond motifs is 1. The van der Waals surface area contributed by atoms with Crippen molar-refractivity contribution in [1.82, 2.24) is 9.13 Å². The van der Waals surface area contributed by atoms with Crippen LogP contribution in [0.15, 0.2) is 34.1 Å². The van der Waals surface area contributed by atoms with Gasteiger partial charge >= 0.3 is 11.9 Å². The van der Waals surface area contributed by atoms with Crippen LogP contribution in [0.4, 0.5) is 19.0 Å². The van der Waals surface area contributed by atoms with Gasteiger partial charge in [0.2, 0.25) is 0 Å². The fraction of sp³-hybridized carbons (Fsp3) is 0.294. The molecule has 0 N–H and O–H groups in total. The summed E-state index contributed by atoms with van der Waals surface area (Å²) in [5.74, 6) is 0.211. The zero-order valence-corrected chi connectivity index (χ0v) is 16.0. The largest absolute Gasteiger partial charge is 0.416 e. The zero-order valence-electron chi connectivity index (χ0n) is 14.3. The van der Waals surface area contributed by atoms with Gasteiger partial charge in [-0.05, 0) is 12.1 Å². The van der Waals surface area contributed by atoms with E-state index in [-0.39, 0.29) is 22.8 Å². The van der Waals surface area contributed by atoms with Gasteiger partial charge < -0.3 is 0 Å². The van der Waals surface area contributed by atoms with E-state index >= 15 is 0 Å². The van der Waals surface area contributed by atoms with Gasteiger partial charge in [0.15, 0.2) is 5.78 Å². The third-order valence-electron chi connectivity index (χ3n) is 4.19. The normalized spacial score (nSPS) is 13.4. The predicted octanol–water partition coefficient (Wildman–Crippen LogP) is 3.67. The standard InChI is InChI=1S/C17H14F3N3O2S2/c1-22-14-11(15(26)23(2)16(22)25)7-13(21-14)27-8-12(24)9-3-5-10(6-4-9)17(18,19)20/h3-6H,7-8H2,1-2H3. The van der Waals surface area contributed by atoms with Crippen LogP contribution in [-0.2, 0) is 26.7 Å². The second-order valence-corrected chi connectivity index (χ2v) is 7.41. The van der Waals surface area contributed by atoms with Crippen LogP contribution in [0.2, 0.25) is 0 Å². The number of thioether (sulfide) groups is 1. The lowest BCUT2D eigenvalue weighted by atomic mass is 10.1. The Bertz CT molecular complexity index is 1070. The number of aliphatic imine (C=N–C) groups is 1. The third kappa shape index (κ3) is 3.77. The lowest BCUT2D eigenvalue weighted by molar-refractivity contribution is -0.137. The summed E-state index contributed by atoms with van der Waals surface area (Å²) in [6.07, 6.45) is -4.02. The van der Waals surface area contributed by atoms with Gasteiger partial charge in [-0.15, -0.1) is 11.8 Å². The molecule has 142 valence electrons. The van der Waals surface area contributed by atoms with Gasteiger partial charge in [0.25, 0.3) is 0 Å². The number of rotatable bonds is 3. The van der Waals surface area contributed by atoms with Crippen molar-refractivity contribution in [1.29, 1.82) is 0 Å². The van der Waals surface area contributed by atoms with Crippen LogP contribution in [0, 0.1) is 4.64 Å². The number of halogens is 3. The maximum atomic E-state index is 12.6. The van der Waals surface area contributed by atoms with Crippen molar-refractivity contribution in [3.63, 3.8) is 0 Å². The maximum Gasteiger partial charge on any atom is 0.416 e. The molecule has 1 aromatic heterocycles. The highest BCUT2D eigenvalue weighted by Crippen LogP contribution is 2.31. The lowest BCUT2D eigenvalue weighted by Gasteiger charge is -2.07. The number of Topliss-reactive ketones (excluding diaryl/α,β-unsaturated/α-hetero) is 1. The fourth-order valence-electron chi connectivity index (χ4n) is 2.67. The van der Waals surface area contributed by atoms with Gasteiger partial charge in [-0.3, -0.25) is 13.9 Å². The maximum absolute atomic E-state index is 12.6. The molecule has 0 atom stereocenters. The van der Waals surface area contributed by atoms with Crippen molar-refractivity contribution in [2.24, 2.45) is 19.1 Å². The van der Waals surface area contributed by atoms with Crippen LogP contribution in [0.5, 0.6) is 0 Å². The molecule has 3 rings (SSSR count). The summed E-state index contributed by atoms with van der Waals surface area (Å²) in [4.78, 5) is 28.7. The van der Waals surface area contributed by atoms with E-state index in [2.05, 4.69) is 4.99 Å². The average Bonchev–Trinajstić information content (AvgIpc) is 3.06. The van der Waals surface area contributed by atoms with Crippen LogP contribution in [0.1, 0.15) is 21.5 Å². The van der Waals surface area contributed by atoms with Gasteiger partial charge in [-0.1, -0.05) is 24.4 Å². The van der Waals surface area contributed by atoms with E-state index < -0.39 is 11.7 Å². The molecule has 1 aliphatic heterocycles. The SMILES string of the molecule is Cn1c2c(c(=S)n(C)c1=O)CC(SCC(=O)c1ccc(C(F)(F)F)cc1)=N2. The molecule has 0 radical (unpaired) electrons. The smallest absolute Gasteiger partial charge is 0.293 e. The van der Waals surface area contributed by atoms with Crippen LogP contribution in [-0.4, -0.2) is 25.7 Å². The highest BCUT2D eigenvalue weighted by molar-refractivity contribution is 8.14. The molecule has 1 aromatic carbocycles. The number of carbonyl (C=O) groups is 1. The summed E-state index contributed by atoms with van der Waals surface area (Å²) in [6, 6.07) is 4.12. The highest BCUT2D eigenvalue weighted by atomic mass is 32.2. The summed E-state index contributed by atoms with van der Waals surface area (Å²) >= 11 is 6.47. The second kappa shape index (κ2) is 7.08. The van der Waals surface area contributed by atoms with Crippen LogP contribution in [0.25, 0.3) is 0 Å². The Morgan fingerprint density at radius 3 is 2.44 bits per heavy atom. The number of hydrogen-bond donors (Lipinski definition) is 0. The van der Waals surface area contributed by atoms with Crippen molar-refractivity contribution in [2.75, 3.05) is 5.75 Å². The van der Waals surface area contributed by atoms with Crippen molar-refractivity contribution in [3.8, 4) is 0 Å². The van der Waals surface area contributed by atoms with Crippen molar-refractivity contribution in [3.05, 3.63) is 56.1 Å². The minimum atomic E-state index is -4.44. The first-order valence-electron chi connectivity index (χ1n) is 7.79. The first-order chi connectivity index (χ1) is 12.6. The summed E-state index contributed by atoms with van der Waals surface area (Å²) in [5.41, 5.74) is -0.128. The van der Waals surface area contributed by atoms with E-state index in [4.69, 9.17) is 12.2 Å². The van der Waals surface area contributed by atoms with Crippen molar-refractivity contribution < 1.29 is 18.0 Å². The number of aromatic nitrogens is 2. The fourth-order valence-corrected chi connectivity index (χ4v) is 3.77. The molecule has 2 heterocycles. The Morgan fingerprint density at radius 2 is 1.85 bits per heavy atom. The van der Waals surface area contributed by atoms with E-state index in [0.717, 1.165) is 17.7 Å². The first kappa shape index (κ1) is 19.6. The minimum absolute atomic E-state index is 0.0328. The van der Waals surface area contributed by atoms with Gasteiger partial charge in [0.05, 0.1) is 16.4 Å². The topological polar surface area (TPSA) is 56.4 Å². The van der Waals surface area contributed by atoms with Gasteiger partial charge in [0.1, 0.15) is 10.5 Å². The van der Waals surface area contributed by atoms with Crippen molar-refractivity contribution in [2.45, 2.75) is 12.6 Å². The third-order valence-corrected chi connectivity index (χ3v) is 5.68. The summed E-state index contributed by atoms with van der Waals surface area (Å²) in [6.45, 7) is 0. The number of benzene rings is 1. The molecule has 0 saturated carbocycles. The van der Waals surface area contributed by atoms with Crippen LogP contribution >= 0.6 is 24.0 Å². The van der Waals surface area contributed by atoms with Gasteiger partial charge in [-0.25, -0.2) is 9.79 Å². The van der Waals surface area contributed by atoms with Crippen molar-refractivity contribution >= 4 is 40.6 Å². The van der Waals surface area contributed by atoms with E-state index in [1.807, 2.05) is 0 Å². The average molecular weight is 413 g/mol. The molecule has 27 heavy (non-hydrogen) atoms. The number of alkyl halides is 3. The molecular formula is C17H14F3N3O2S2. The quantitative estimate of drug-likeness (QED) is 0.569. The predicted molar refractivity (Wildman–Crippen MR) is 101 cm³/mol. The number of hydrogen-bond acceptors (Lipinski definition) is 5. The summed E-state index contributed by atoms with van der Waals surface area (Å²) in [5, 5.41) is 0.637. The Hall–Kier alpha value is -2.20. The number of ketones is 1. The van der Waals surface area contributed by atoms with Crippen LogP contribution in [0.3, 0.4) is 0 Å².